The maximum Gasteiger partial charge on any atom is 0.158 e. The number of hydrogen-bond acceptors (Lipinski definition) is 6. The van der Waals surface area contributed by atoms with Crippen LogP contribution in [0.15, 0.2) is 0 Å². The zero-order valence-electron chi connectivity index (χ0n) is 11.7. The lowest BCUT2D eigenvalue weighted by atomic mass is 10.2. The van der Waals surface area contributed by atoms with Crippen molar-refractivity contribution in [2.24, 2.45) is 0 Å². The van der Waals surface area contributed by atoms with Crippen LogP contribution in [0, 0.1) is 13.8 Å². The van der Waals surface area contributed by atoms with E-state index in [1.54, 1.807) is 18.4 Å². The summed E-state index contributed by atoms with van der Waals surface area (Å²) >= 11 is 1.69. The molecule has 0 aliphatic carbocycles. The Bertz CT molecular complexity index is 569. The average Bonchev–Trinajstić information content (AvgIpc) is 2.69. The van der Waals surface area contributed by atoms with Gasteiger partial charge in [0.15, 0.2) is 5.82 Å². The van der Waals surface area contributed by atoms with Crippen molar-refractivity contribution in [3.63, 3.8) is 0 Å². The van der Waals surface area contributed by atoms with Crippen molar-refractivity contribution >= 4 is 27.4 Å². The van der Waals surface area contributed by atoms with Crippen LogP contribution in [0.3, 0.4) is 0 Å². The molecule has 0 unspecified atom stereocenters. The van der Waals surface area contributed by atoms with Crippen LogP contribution in [0.4, 0.5) is 5.82 Å². The van der Waals surface area contributed by atoms with Crippen molar-refractivity contribution in [2.75, 3.05) is 32.7 Å². The zero-order chi connectivity index (χ0) is 13.8. The Balaban J connectivity index is 2.27. The number of ether oxygens (including phenoxy) is 2. The molecule has 0 aliphatic rings. The Morgan fingerprint density at radius 2 is 2.00 bits per heavy atom. The Morgan fingerprint density at radius 3 is 2.68 bits per heavy atom. The molecule has 2 aromatic heterocycles. The molecule has 0 radical (unpaired) electrons. The highest BCUT2D eigenvalue weighted by Crippen LogP contribution is 2.32. The van der Waals surface area contributed by atoms with Gasteiger partial charge in [0.25, 0.3) is 0 Å². The Kier molecular flexibility index (Phi) is 4.68. The molecule has 1 N–H and O–H groups in total. The van der Waals surface area contributed by atoms with Gasteiger partial charge in [-0.2, -0.15) is 0 Å². The van der Waals surface area contributed by atoms with E-state index in [1.165, 1.54) is 10.4 Å². The molecule has 104 valence electrons. The third kappa shape index (κ3) is 3.02. The molecule has 0 aromatic carbocycles. The first-order chi connectivity index (χ1) is 9.17. The van der Waals surface area contributed by atoms with Gasteiger partial charge in [0, 0.05) is 19.0 Å². The number of anilines is 1. The van der Waals surface area contributed by atoms with E-state index in [9.17, 15) is 0 Å². The molecule has 0 saturated heterocycles. The van der Waals surface area contributed by atoms with E-state index in [2.05, 4.69) is 29.1 Å². The Morgan fingerprint density at radius 1 is 1.21 bits per heavy atom. The summed E-state index contributed by atoms with van der Waals surface area (Å²) in [5.74, 6) is 1.58. The summed E-state index contributed by atoms with van der Waals surface area (Å²) in [6.07, 6.45) is 0. The fraction of sp³-hybridized carbons (Fsp3) is 0.538. The molecular formula is C13H19N3O2S. The molecule has 0 saturated carbocycles. The lowest BCUT2D eigenvalue weighted by Crippen LogP contribution is -2.06. The van der Waals surface area contributed by atoms with E-state index in [1.807, 2.05) is 7.05 Å². The van der Waals surface area contributed by atoms with E-state index in [-0.39, 0.29) is 0 Å². The van der Waals surface area contributed by atoms with Gasteiger partial charge >= 0.3 is 0 Å². The number of nitrogens with one attached hydrogen (secondary N) is 1. The van der Waals surface area contributed by atoms with Crippen LogP contribution >= 0.6 is 11.3 Å². The molecule has 5 nitrogen and oxygen atoms in total. The standard InChI is InChI=1S/C13H19N3O2S/c1-8-9(2)19-13-11(8)12(14-3)15-10(16-13)7-18-6-5-17-4/h5-7H2,1-4H3,(H,14,15,16). The summed E-state index contributed by atoms with van der Waals surface area (Å²) in [6.45, 7) is 5.75. The summed E-state index contributed by atoms with van der Waals surface area (Å²) in [4.78, 5) is 11.4. The average molecular weight is 281 g/mol. The van der Waals surface area contributed by atoms with Crippen LogP contribution < -0.4 is 5.32 Å². The van der Waals surface area contributed by atoms with Crippen LogP contribution in [-0.2, 0) is 16.1 Å². The van der Waals surface area contributed by atoms with E-state index >= 15 is 0 Å². The second-order valence-electron chi connectivity index (χ2n) is 4.25. The van der Waals surface area contributed by atoms with E-state index in [4.69, 9.17) is 9.47 Å². The summed E-state index contributed by atoms with van der Waals surface area (Å²) in [6, 6.07) is 0. The van der Waals surface area contributed by atoms with Gasteiger partial charge in [0.2, 0.25) is 0 Å². The first kappa shape index (κ1) is 14.2. The van der Waals surface area contributed by atoms with Crippen molar-refractivity contribution in [1.29, 1.82) is 0 Å². The van der Waals surface area contributed by atoms with Gasteiger partial charge in [-0.05, 0) is 19.4 Å². The molecular weight excluding hydrogens is 262 g/mol. The summed E-state index contributed by atoms with van der Waals surface area (Å²) in [7, 11) is 3.53. The van der Waals surface area contributed by atoms with Crippen LogP contribution in [0.25, 0.3) is 10.2 Å². The van der Waals surface area contributed by atoms with Crippen molar-refractivity contribution in [3.05, 3.63) is 16.3 Å². The smallest absolute Gasteiger partial charge is 0.158 e. The topological polar surface area (TPSA) is 56.3 Å². The van der Waals surface area contributed by atoms with Crippen molar-refractivity contribution in [3.8, 4) is 0 Å². The fourth-order valence-corrected chi connectivity index (χ4v) is 2.89. The minimum absolute atomic E-state index is 0.407. The molecule has 19 heavy (non-hydrogen) atoms. The van der Waals surface area contributed by atoms with Crippen molar-refractivity contribution in [2.45, 2.75) is 20.5 Å². The predicted molar refractivity (Wildman–Crippen MR) is 78.0 cm³/mol. The van der Waals surface area contributed by atoms with Gasteiger partial charge in [0.1, 0.15) is 17.3 Å². The highest BCUT2D eigenvalue weighted by atomic mass is 32.1. The molecule has 6 heteroatoms. The quantitative estimate of drug-likeness (QED) is 0.825. The van der Waals surface area contributed by atoms with Crippen LogP contribution in [0.1, 0.15) is 16.3 Å². The SMILES string of the molecule is CNc1nc(COCCOC)nc2sc(C)c(C)c12. The number of aryl methyl sites for hydroxylation is 2. The van der Waals surface area contributed by atoms with E-state index < -0.39 is 0 Å². The zero-order valence-corrected chi connectivity index (χ0v) is 12.6. The van der Waals surface area contributed by atoms with E-state index in [0.29, 0.717) is 25.6 Å². The predicted octanol–water partition coefficient (Wildman–Crippen LogP) is 2.51. The lowest BCUT2D eigenvalue weighted by Gasteiger charge is -2.07. The molecule has 2 aromatic rings. The number of thiophene rings is 1. The second kappa shape index (κ2) is 6.27. The van der Waals surface area contributed by atoms with Gasteiger partial charge in [0.05, 0.1) is 18.6 Å². The normalized spacial score (nSPS) is 11.2. The van der Waals surface area contributed by atoms with Crippen LogP contribution in [-0.4, -0.2) is 37.3 Å². The largest absolute Gasteiger partial charge is 0.382 e. The molecule has 2 rings (SSSR count). The second-order valence-corrected chi connectivity index (χ2v) is 5.45. The maximum atomic E-state index is 5.47. The van der Waals surface area contributed by atoms with Crippen LogP contribution in [0.5, 0.6) is 0 Å². The number of hydrogen-bond donors (Lipinski definition) is 1. The fourth-order valence-electron chi connectivity index (χ4n) is 1.84. The number of fused-ring (bicyclic) bond motifs is 1. The minimum atomic E-state index is 0.407. The summed E-state index contributed by atoms with van der Waals surface area (Å²) in [5.41, 5.74) is 1.25. The number of methoxy groups -OCH3 is 1. The van der Waals surface area contributed by atoms with Gasteiger partial charge in [-0.25, -0.2) is 9.97 Å². The third-order valence-electron chi connectivity index (χ3n) is 2.97. The van der Waals surface area contributed by atoms with Gasteiger partial charge in [-0.3, -0.25) is 0 Å². The van der Waals surface area contributed by atoms with Crippen molar-refractivity contribution < 1.29 is 9.47 Å². The number of nitrogens with zero attached hydrogens (tertiary/aromatic N) is 2. The third-order valence-corrected chi connectivity index (χ3v) is 4.08. The molecule has 0 amide bonds. The number of rotatable bonds is 6. The summed E-state index contributed by atoms with van der Waals surface area (Å²) in [5, 5.41) is 4.26. The molecule has 0 aliphatic heterocycles. The summed E-state index contributed by atoms with van der Waals surface area (Å²) < 4.78 is 10.4. The van der Waals surface area contributed by atoms with Gasteiger partial charge in [-0.1, -0.05) is 0 Å². The van der Waals surface area contributed by atoms with Crippen LogP contribution in [0.2, 0.25) is 0 Å². The maximum absolute atomic E-state index is 5.47. The highest BCUT2D eigenvalue weighted by Gasteiger charge is 2.13. The number of aromatic nitrogens is 2. The monoisotopic (exact) mass is 281 g/mol. The first-order valence-corrected chi connectivity index (χ1v) is 7.00. The van der Waals surface area contributed by atoms with Crippen molar-refractivity contribution in [1.82, 2.24) is 9.97 Å². The molecule has 0 atom stereocenters. The molecule has 0 spiro atoms. The van der Waals surface area contributed by atoms with Gasteiger partial charge in [-0.15, -0.1) is 11.3 Å². The molecule has 0 bridgehead atoms. The first-order valence-electron chi connectivity index (χ1n) is 6.18. The highest BCUT2D eigenvalue weighted by molar-refractivity contribution is 7.18. The molecule has 0 fully saturated rings. The molecule has 2 heterocycles. The Labute approximate surface area is 117 Å². The Hall–Kier alpha value is -1.24. The lowest BCUT2D eigenvalue weighted by molar-refractivity contribution is 0.0588. The van der Waals surface area contributed by atoms with E-state index in [0.717, 1.165) is 16.0 Å². The minimum Gasteiger partial charge on any atom is -0.382 e. The van der Waals surface area contributed by atoms with Gasteiger partial charge < -0.3 is 14.8 Å².